The van der Waals surface area contributed by atoms with E-state index in [4.69, 9.17) is 14.2 Å². The zero-order valence-electron chi connectivity index (χ0n) is 43.3. The lowest BCUT2D eigenvalue weighted by Crippen LogP contribution is -2.30. The van der Waals surface area contributed by atoms with Crippen LogP contribution in [0.5, 0.6) is 0 Å². The third-order valence-corrected chi connectivity index (χ3v) is 12.3. The third kappa shape index (κ3) is 52.2. The molecule has 0 aromatic heterocycles. The molecule has 6 nitrogen and oxygen atoms in total. The van der Waals surface area contributed by atoms with Crippen molar-refractivity contribution in [2.24, 2.45) is 0 Å². The molecule has 0 saturated carbocycles. The molecule has 0 rings (SSSR count). The molecule has 6 heteroatoms. The second-order valence-corrected chi connectivity index (χ2v) is 18.8. The van der Waals surface area contributed by atoms with Crippen molar-refractivity contribution in [1.29, 1.82) is 0 Å². The highest BCUT2D eigenvalue weighted by atomic mass is 16.6. The van der Waals surface area contributed by atoms with Gasteiger partial charge in [0.25, 0.3) is 0 Å². The van der Waals surface area contributed by atoms with Crippen LogP contribution in [0.15, 0.2) is 48.6 Å². The molecule has 378 valence electrons. The maximum Gasteiger partial charge on any atom is 0.306 e. The van der Waals surface area contributed by atoms with Crippen LogP contribution in [0.3, 0.4) is 0 Å². The lowest BCUT2D eigenvalue weighted by atomic mass is 10.0. The van der Waals surface area contributed by atoms with Crippen LogP contribution in [0, 0.1) is 0 Å². The van der Waals surface area contributed by atoms with Gasteiger partial charge >= 0.3 is 17.9 Å². The molecule has 0 saturated heterocycles. The molecule has 65 heavy (non-hydrogen) atoms. The first-order valence-electron chi connectivity index (χ1n) is 28.1. The molecule has 0 aliphatic heterocycles. The molecule has 0 unspecified atom stereocenters. The van der Waals surface area contributed by atoms with Crippen LogP contribution in [0.25, 0.3) is 0 Å². The fourth-order valence-electron chi connectivity index (χ4n) is 8.14. The molecule has 0 bridgehead atoms. The average Bonchev–Trinajstić information content (AvgIpc) is 3.30. The maximum atomic E-state index is 12.8. The van der Waals surface area contributed by atoms with Crippen molar-refractivity contribution in [3.8, 4) is 0 Å². The van der Waals surface area contributed by atoms with Crippen LogP contribution in [0.4, 0.5) is 0 Å². The number of esters is 3. The molecule has 0 aromatic carbocycles. The summed E-state index contributed by atoms with van der Waals surface area (Å²) in [5, 5.41) is 0. The zero-order chi connectivity index (χ0) is 47.2. The van der Waals surface area contributed by atoms with Crippen molar-refractivity contribution in [3.05, 3.63) is 48.6 Å². The van der Waals surface area contributed by atoms with E-state index in [0.29, 0.717) is 19.3 Å². The van der Waals surface area contributed by atoms with E-state index in [-0.39, 0.29) is 31.1 Å². The number of carbonyl (C=O) groups excluding carboxylic acids is 3. The second-order valence-electron chi connectivity index (χ2n) is 18.8. The SMILES string of the molecule is CC/C=C\C/C=C\C/C=C\C/C=C\CCCCCCC(=O)OC(COC(=O)CCCCCCCCCCCCCCCCC)COC(=O)CCCCCCCCCCCCCCCCC. The van der Waals surface area contributed by atoms with E-state index in [9.17, 15) is 14.4 Å². The average molecular weight is 911 g/mol. The van der Waals surface area contributed by atoms with E-state index in [1.54, 1.807) is 0 Å². The topological polar surface area (TPSA) is 78.9 Å². The summed E-state index contributed by atoms with van der Waals surface area (Å²) in [6.45, 7) is 6.54. The number of unbranched alkanes of at least 4 members (excludes halogenated alkanes) is 32. The van der Waals surface area contributed by atoms with Crippen molar-refractivity contribution in [2.45, 2.75) is 297 Å². The van der Waals surface area contributed by atoms with Gasteiger partial charge in [0.1, 0.15) is 13.2 Å². The van der Waals surface area contributed by atoms with E-state index < -0.39 is 6.10 Å². The first kappa shape index (κ1) is 62.4. The largest absolute Gasteiger partial charge is 0.462 e. The van der Waals surface area contributed by atoms with Crippen molar-refractivity contribution < 1.29 is 28.6 Å². The molecular weight excluding hydrogens is 805 g/mol. The highest BCUT2D eigenvalue weighted by Gasteiger charge is 2.19. The molecule has 0 aliphatic carbocycles. The summed E-state index contributed by atoms with van der Waals surface area (Å²) >= 11 is 0. The van der Waals surface area contributed by atoms with Crippen LogP contribution in [-0.4, -0.2) is 37.2 Å². The van der Waals surface area contributed by atoms with Crippen LogP contribution in [0.1, 0.15) is 290 Å². The Hall–Kier alpha value is -2.63. The number of allylic oxidation sites excluding steroid dienone is 8. The Bertz CT molecular complexity index is 1090. The van der Waals surface area contributed by atoms with Crippen LogP contribution < -0.4 is 0 Å². The van der Waals surface area contributed by atoms with E-state index >= 15 is 0 Å². The number of carbonyl (C=O) groups is 3. The zero-order valence-corrected chi connectivity index (χ0v) is 43.3. The minimum atomic E-state index is -0.782. The van der Waals surface area contributed by atoms with Gasteiger partial charge in [-0.1, -0.05) is 262 Å². The minimum absolute atomic E-state index is 0.0789. The minimum Gasteiger partial charge on any atom is -0.462 e. The summed E-state index contributed by atoms with van der Waals surface area (Å²) in [5.74, 6) is -0.887. The Kier molecular flexibility index (Phi) is 51.8. The summed E-state index contributed by atoms with van der Waals surface area (Å²) in [6.07, 6.45) is 65.2. The quantitative estimate of drug-likeness (QED) is 0.0262. The summed E-state index contributed by atoms with van der Waals surface area (Å²) in [4.78, 5) is 38.1. The molecule has 0 radical (unpaired) electrons. The van der Waals surface area contributed by atoms with Crippen LogP contribution >= 0.6 is 0 Å². The summed E-state index contributed by atoms with van der Waals surface area (Å²) in [6, 6.07) is 0. The van der Waals surface area contributed by atoms with Crippen LogP contribution in [0.2, 0.25) is 0 Å². The highest BCUT2D eigenvalue weighted by molar-refractivity contribution is 5.71. The van der Waals surface area contributed by atoms with Gasteiger partial charge in [-0.25, -0.2) is 0 Å². The van der Waals surface area contributed by atoms with E-state index in [1.807, 2.05) is 0 Å². The Morgan fingerprint density at radius 1 is 0.323 bits per heavy atom. The number of hydrogen-bond acceptors (Lipinski definition) is 6. The summed E-state index contributed by atoms with van der Waals surface area (Å²) in [5.41, 5.74) is 0. The maximum absolute atomic E-state index is 12.8. The van der Waals surface area contributed by atoms with Gasteiger partial charge in [-0.2, -0.15) is 0 Å². The lowest BCUT2D eigenvalue weighted by molar-refractivity contribution is -0.167. The molecule has 0 atom stereocenters. The van der Waals surface area contributed by atoms with Crippen LogP contribution in [-0.2, 0) is 28.6 Å². The van der Waals surface area contributed by atoms with Crippen molar-refractivity contribution in [2.75, 3.05) is 13.2 Å². The highest BCUT2D eigenvalue weighted by Crippen LogP contribution is 2.16. The van der Waals surface area contributed by atoms with Gasteiger partial charge in [0.15, 0.2) is 6.10 Å². The van der Waals surface area contributed by atoms with Gasteiger partial charge < -0.3 is 14.2 Å². The second kappa shape index (κ2) is 54.0. The van der Waals surface area contributed by atoms with Crippen molar-refractivity contribution in [3.63, 3.8) is 0 Å². The monoisotopic (exact) mass is 911 g/mol. The molecule has 0 aromatic rings. The molecular formula is C59H106O6. The first-order valence-corrected chi connectivity index (χ1v) is 28.1. The summed E-state index contributed by atoms with van der Waals surface area (Å²) < 4.78 is 16.8. The standard InChI is InChI=1S/C59H106O6/c1-4-7-10-13-16-19-22-25-28-29-32-35-38-41-44-47-50-53-59(62)65-56(54-63-57(60)51-48-45-42-39-36-33-30-26-23-20-17-14-11-8-5-2)55-64-58(61)52-49-46-43-40-37-34-31-27-24-21-18-15-12-9-6-3/h7,10,16,19,25,28,32,35,56H,4-6,8-9,11-15,17-18,20-24,26-27,29-31,33-34,36-55H2,1-3H3/b10-7-,19-16-,28-25-,35-32-. The lowest BCUT2D eigenvalue weighted by Gasteiger charge is -2.18. The Morgan fingerprint density at radius 2 is 0.600 bits per heavy atom. The van der Waals surface area contributed by atoms with Crippen molar-refractivity contribution in [1.82, 2.24) is 0 Å². The predicted molar refractivity (Wildman–Crippen MR) is 279 cm³/mol. The fourth-order valence-corrected chi connectivity index (χ4v) is 8.14. The van der Waals surface area contributed by atoms with E-state index in [2.05, 4.69) is 69.4 Å². The van der Waals surface area contributed by atoms with Gasteiger partial charge in [-0.15, -0.1) is 0 Å². The predicted octanol–water partition coefficient (Wildman–Crippen LogP) is 18.7. The van der Waals surface area contributed by atoms with Gasteiger partial charge in [0.2, 0.25) is 0 Å². The van der Waals surface area contributed by atoms with E-state index in [0.717, 1.165) is 96.3 Å². The first-order chi connectivity index (χ1) is 32.0. The molecule has 0 heterocycles. The van der Waals surface area contributed by atoms with Gasteiger partial charge in [-0.05, 0) is 57.8 Å². The Balaban J connectivity index is 4.39. The molecule has 0 fully saturated rings. The van der Waals surface area contributed by atoms with Crippen molar-refractivity contribution >= 4 is 17.9 Å². The molecule has 0 aliphatic rings. The molecule has 0 spiro atoms. The van der Waals surface area contributed by atoms with Gasteiger partial charge in [0.05, 0.1) is 0 Å². The number of rotatable bonds is 51. The normalized spacial score (nSPS) is 11.9. The Morgan fingerprint density at radius 3 is 0.938 bits per heavy atom. The number of ether oxygens (including phenoxy) is 3. The smallest absolute Gasteiger partial charge is 0.306 e. The van der Waals surface area contributed by atoms with Gasteiger partial charge in [-0.3, -0.25) is 14.4 Å². The molecule has 0 N–H and O–H groups in total. The van der Waals surface area contributed by atoms with E-state index in [1.165, 1.54) is 154 Å². The Labute approximate surface area is 403 Å². The summed E-state index contributed by atoms with van der Waals surface area (Å²) in [7, 11) is 0. The number of hydrogen-bond donors (Lipinski definition) is 0. The van der Waals surface area contributed by atoms with Gasteiger partial charge in [0, 0.05) is 19.3 Å². The third-order valence-electron chi connectivity index (χ3n) is 12.3. The fraction of sp³-hybridized carbons (Fsp3) is 0.814. The molecule has 0 amide bonds.